The Kier molecular flexibility index (Phi) is 5.49. The Labute approximate surface area is 155 Å². The van der Waals surface area contributed by atoms with Crippen molar-refractivity contribution in [1.29, 1.82) is 0 Å². The number of halogens is 4. The second-order valence-electron chi connectivity index (χ2n) is 6.21. The Balaban J connectivity index is 1.82. The van der Waals surface area contributed by atoms with Crippen molar-refractivity contribution in [1.82, 2.24) is 0 Å². The van der Waals surface area contributed by atoms with Gasteiger partial charge in [-0.15, -0.1) is 13.2 Å². The maximum Gasteiger partial charge on any atom is 0.573 e. The van der Waals surface area contributed by atoms with E-state index in [4.69, 9.17) is 0 Å². The second-order valence-corrected chi connectivity index (χ2v) is 6.21. The highest BCUT2D eigenvalue weighted by Crippen LogP contribution is 2.30. The minimum atomic E-state index is -4.75. The van der Waals surface area contributed by atoms with Gasteiger partial charge in [0.1, 0.15) is 11.6 Å². The minimum absolute atomic E-state index is 0.319. The van der Waals surface area contributed by atoms with Crippen LogP contribution in [0.3, 0.4) is 0 Å². The molecule has 0 aliphatic heterocycles. The maximum absolute atomic E-state index is 14.6. The first kappa shape index (κ1) is 19.0. The van der Waals surface area contributed by atoms with Crippen molar-refractivity contribution in [2.45, 2.75) is 26.1 Å². The zero-order valence-corrected chi connectivity index (χ0v) is 14.7. The van der Waals surface area contributed by atoms with E-state index in [1.807, 2.05) is 24.3 Å². The van der Waals surface area contributed by atoms with E-state index in [0.29, 0.717) is 11.1 Å². The third-order valence-corrected chi connectivity index (χ3v) is 4.19. The van der Waals surface area contributed by atoms with Crippen LogP contribution in [0.2, 0.25) is 0 Å². The van der Waals surface area contributed by atoms with E-state index >= 15 is 0 Å². The van der Waals surface area contributed by atoms with E-state index < -0.39 is 12.2 Å². The summed E-state index contributed by atoms with van der Waals surface area (Å²) in [5.74, 6) is -0.773. The third-order valence-electron chi connectivity index (χ3n) is 4.19. The van der Waals surface area contributed by atoms with Crippen molar-refractivity contribution in [2.75, 3.05) is 0 Å². The fraction of sp³-hybridized carbons (Fsp3) is 0.182. The number of benzene rings is 3. The van der Waals surface area contributed by atoms with Crippen molar-refractivity contribution in [3.8, 4) is 28.0 Å². The fourth-order valence-electron chi connectivity index (χ4n) is 2.92. The van der Waals surface area contributed by atoms with E-state index in [9.17, 15) is 17.6 Å². The van der Waals surface area contributed by atoms with Crippen molar-refractivity contribution >= 4 is 0 Å². The molecule has 0 spiro atoms. The molecule has 0 aliphatic rings. The number of rotatable bonds is 5. The number of hydrogen-bond acceptors (Lipinski definition) is 1. The van der Waals surface area contributed by atoms with E-state index in [1.54, 1.807) is 12.1 Å². The molecule has 140 valence electrons. The molecule has 0 saturated heterocycles. The van der Waals surface area contributed by atoms with Crippen molar-refractivity contribution < 1.29 is 22.3 Å². The lowest BCUT2D eigenvalue weighted by Gasteiger charge is -2.10. The van der Waals surface area contributed by atoms with Crippen LogP contribution < -0.4 is 4.74 Å². The summed E-state index contributed by atoms with van der Waals surface area (Å²) < 4.78 is 55.1. The fourth-order valence-corrected chi connectivity index (χ4v) is 2.92. The second kappa shape index (κ2) is 7.82. The summed E-state index contributed by atoms with van der Waals surface area (Å²) in [6, 6.07) is 18.0. The quantitative estimate of drug-likeness (QED) is 0.436. The summed E-state index contributed by atoms with van der Waals surface area (Å²) in [6.45, 7) is 2.11. The number of aryl methyl sites for hydroxylation is 1. The van der Waals surface area contributed by atoms with Gasteiger partial charge in [0, 0.05) is 5.56 Å². The van der Waals surface area contributed by atoms with Crippen LogP contribution >= 0.6 is 0 Å². The first-order valence-corrected chi connectivity index (χ1v) is 8.61. The Morgan fingerprint density at radius 1 is 0.778 bits per heavy atom. The minimum Gasteiger partial charge on any atom is -0.406 e. The van der Waals surface area contributed by atoms with Crippen molar-refractivity contribution in [3.05, 3.63) is 78.1 Å². The van der Waals surface area contributed by atoms with Gasteiger partial charge in [-0.05, 0) is 46.9 Å². The van der Waals surface area contributed by atoms with E-state index in [0.717, 1.165) is 24.0 Å². The first-order chi connectivity index (χ1) is 12.9. The van der Waals surface area contributed by atoms with E-state index in [2.05, 4.69) is 11.7 Å². The predicted octanol–water partition coefficient (Wildman–Crippen LogP) is 7.01. The van der Waals surface area contributed by atoms with Gasteiger partial charge in [-0.2, -0.15) is 0 Å². The Hall–Kier alpha value is -2.82. The lowest BCUT2D eigenvalue weighted by molar-refractivity contribution is -0.274. The van der Waals surface area contributed by atoms with Crippen LogP contribution in [0.15, 0.2) is 66.7 Å². The predicted molar refractivity (Wildman–Crippen MR) is 98.0 cm³/mol. The number of ether oxygens (including phenoxy) is 1. The van der Waals surface area contributed by atoms with Crippen LogP contribution in [0.25, 0.3) is 22.3 Å². The van der Waals surface area contributed by atoms with Crippen molar-refractivity contribution in [3.63, 3.8) is 0 Å². The molecule has 0 amide bonds. The zero-order valence-electron chi connectivity index (χ0n) is 14.7. The molecular weight excluding hydrogens is 356 g/mol. The Morgan fingerprint density at radius 3 is 1.93 bits per heavy atom. The topological polar surface area (TPSA) is 9.23 Å². The van der Waals surface area contributed by atoms with E-state index in [1.165, 1.54) is 35.9 Å². The highest BCUT2D eigenvalue weighted by atomic mass is 19.4. The maximum atomic E-state index is 14.6. The van der Waals surface area contributed by atoms with Gasteiger partial charge in [-0.1, -0.05) is 61.9 Å². The molecular formula is C22H18F4O. The van der Waals surface area contributed by atoms with Crippen LogP contribution in [0, 0.1) is 5.82 Å². The van der Waals surface area contributed by atoms with Gasteiger partial charge >= 0.3 is 6.36 Å². The molecule has 1 nitrogen and oxygen atoms in total. The summed E-state index contributed by atoms with van der Waals surface area (Å²) in [5, 5.41) is 0. The summed E-state index contributed by atoms with van der Waals surface area (Å²) in [6.07, 6.45) is -2.68. The molecule has 0 fully saturated rings. The molecule has 3 rings (SSSR count). The van der Waals surface area contributed by atoms with Crippen molar-refractivity contribution in [2.24, 2.45) is 0 Å². The monoisotopic (exact) mass is 374 g/mol. The standard InChI is InChI=1S/C22H18F4O/c1-2-3-15-4-6-16(7-5-15)18-10-13-20(21(23)14-18)17-8-11-19(12-9-17)27-22(24,25)26/h4-14H,2-3H2,1H3. The molecule has 5 heteroatoms. The van der Waals surface area contributed by atoms with Crippen LogP contribution in [-0.4, -0.2) is 6.36 Å². The Morgan fingerprint density at radius 2 is 1.37 bits per heavy atom. The molecule has 0 saturated carbocycles. The molecule has 3 aromatic rings. The lowest BCUT2D eigenvalue weighted by Crippen LogP contribution is -2.16. The summed E-state index contributed by atoms with van der Waals surface area (Å²) in [5.41, 5.74) is 3.69. The average Bonchev–Trinajstić information content (AvgIpc) is 2.62. The van der Waals surface area contributed by atoms with Crippen LogP contribution in [0.1, 0.15) is 18.9 Å². The molecule has 27 heavy (non-hydrogen) atoms. The Bertz CT molecular complexity index is 897. The van der Waals surface area contributed by atoms with Gasteiger partial charge in [0.25, 0.3) is 0 Å². The zero-order chi connectivity index (χ0) is 19.4. The van der Waals surface area contributed by atoms with Gasteiger partial charge in [0.15, 0.2) is 0 Å². The number of alkyl halides is 3. The number of hydrogen-bond donors (Lipinski definition) is 0. The van der Waals surface area contributed by atoms with Gasteiger partial charge in [0.05, 0.1) is 0 Å². The third kappa shape index (κ3) is 4.88. The highest BCUT2D eigenvalue weighted by molar-refractivity contribution is 5.71. The van der Waals surface area contributed by atoms with Crippen LogP contribution in [0.4, 0.5) is 17.6 Å². The van der Waals surface area contributed by atoms with E-state index in [-0.39, 0.29) is 5.75 Å². The van der Waals surface area contributed by atoms with Gasteiger partial charge in [-0.3, -0.25) is 0 Å². The van der Waals surface area contributed by atoms with Gasteiger partial charge in [-0.25, -0.2) is 4.39 Å². The largest absolute Gasteiger partial charge is 0.573 e. The molecule has 0 atom stereocenters. The molecule has 0 radical (unpaired) electrons. The van der Waals surface area contributed by atoms with Gasteiger partial charge < -0.3 is 4.74 Å². The SMILES string of the molecule is CCCc1ccc(-c2ccc(-c3ccc(OC(F)(F)F)cc3)c(F)c2)cc1. The summed E-state index contributed by atoms with van der Waals surface area (Å²) >= 11 is 0. The molecule has 0 aliphatic carbocycles. The molecule has 0 heterocycles. The van der Waals surface area contributed by atoms with Crippen LogP contribution in [0.5, 0.6) is 5.75 Å². The summed E-state index contributed by atoms with van der Waals surface area (Å²) in [4.78, 5) is 0. The normalized spacial score (nSPS) is 11.4. The molecule has 0 N–H and O–H groups in total. The molecule has 3 aromatic carbocycles. The van der Waals surface area contributed by atoms with Gasteiger partial charge in [0.2, 0.25) is 0 Å². The average molecular weight is 374 g/mol. The lowest BCUT2D eigenvalue weighted by atomic mass is 9.98. The molecule has 0 unspecified atom stereocenters. The van der Waals surface area contributed by atoms with Crippen LogP contribution in [-0.2, 0) is 6.42 Å². The smallest absolute Gasteiger partial charge is 0.406 e. The molecule has 0 bridgehead atoms. The first-order valence-electron chi connectivity index (χ1n) is 8.61. The summed E-state index contributed by atoms with van der Waals surface area (Å²) in [7, 11) is 0. The highest BCUT2D eigenvalue weighted by Gasteiger charge is 2.31. The molecule has 0 aromatic heterocycles.